The fourth-order valence-corrected chi connectivity index (χ4v) is 4.11. The van der Waals surface area contributed by atoms with Crippen molar-refractivity contribution in [2.75, 3.05) is 0 Å². The van der Waals surface area contributed by atoms with Crippen molar-refractivity contribution < 1.29 is 22.3 Å². The molecule has 0 saturated carbocycles. The van der Waals surface area contributed by atoms with Crippen LogP contribution in [0.1, 0.15) is 20.8 Å². The Bertz CT molecular complexity index is 1080. The molecule has 0 saturated heterocycles. The molecule has 1 amide bonds. The van der Waals surface area contributed by atoms with Gasteiger partial charge in [-0.2, -0.15) is 0 Å². The van der Waals surface area contributed by atoms with Crippen LogP contribution >= 0.6 is 11.3 Å². The molecule has 1 aromatic heterocycles. The summed E-state index contributed by atoms with van der Waals surface area (Å²) in [7, 11) is -3.75. The molecule has 1 heterocycles. The molecular formula is C19H17FN2O4S2. The molecule has 2 aromatic carbocycles. The fourth-order valence-electron chi connectivity index (χ4n) is 2.39. The van der Waals surface area contributed by atoms with Crippen LogP contribution in [0.4, 0.5) is 4.39 Å². The first-order valence-electron chi connectivity index (χ1n) is 8.19. The maximum absolute atomic E-state index is 13.0. The molecule has 6 nitrogen and oxygen atoms in total. The summed E-state index contributed by atoms with van der Waals surface area (Å²) in [5.41, 5.74) is 1.11. The summed E-state index contributed by atoms with van der Waals surface area (Å²) in [5.74, 6) is -0.302. The molecule has 0 aliphatic heterocycles. The molecule has 9 heteroatoms. The van der Waals surface area contributed by atoms with E-state index in [2.05, 4.69) is 5.32 Å². The third-order valence-corrected chi connectivity index (χ3v) is 6.30. The summed E-state index contributed by atoms with van der Waals surface area (Å²) >= 11 is 1.00. The summed E-state index contributed by atoms with van der Waals surface area (Å²) in [6, 6.07) is 15.7. The Hall–Kier alpha value is -2.75. The number of primary sulfonamides is 1. The maximum atomic E-state index is 13.0. The number of nitrogens with two attached hydrogens (primary N) is 1. The van der Waals surface area contributed by atoms with Crippen molar-refractivity contribution in [3.63, 3.8) is 0 Å². The number of nitrogens with one attached hydrogen (secondary N) is 1. The van der Waals surface area contributed by atoms with E-state index in [1.807, 2.05) is 0 Å². The zero-order valence-electron chi connectivity index (χ0n) is 14.6. The second-order valence-electron chi connectivity index (χ2n) is 5.86. The van der Waals surface area contributed by atoms with Gasteiger partial charge in [-0.25, -0.2) is 17.9 Å². The minimum absolute atomic E-state index is 0.0415. The Labute approximate surface area is 165 Å². The monoisotopic (exact) mass is 420 g/mol. The lowest BCUT2D eigenvalue weighted by Crippen LogP contribution is -2.23. The molecule has 3 N–H and O–H groups in total. The zero-order chi connectivity index (χ0) is 20.1. The highest BCUT2D eigenvalue weighted by atomic mass is 32.2. The number of benzene rings is 2. The Kier molecular flexibility index (Phi) is 6.08. The van der Waals surface area contributed by atoms with Gasteiger partial charge in [-0.15, -0.1) is 11.3 Å². The molecule has 0 radical (unpaired) electrons. The first kappa shape index (κ1) is 20.0. The number of carbonyl (C=O) groups excluding carboxylic acids is 1. The Morgan fingerprint density at radius 3 is 2.46 bits per heavy atom. The topological polar surface area (TPSA) is 98.5 Å². The van der Waals surface area contributed by atoms with Crippen LogP contribution in [-0.4, -0.2) is 14.3 Å². The number of hydrogen-bond acceptors (Lipinski definition) is 5. The molecule has 0 bridgehead atoms. The van der Waals surface area contributed by atoms with Crippen LogP contribution in [0.3, 0.4) is 0 Å². The van der Waals surface area contributed by atoms with Gasteiger partial charge >= 0.3 is 0 Å². The number of rotatable bonds is 7. The first-order valence-corrected chi connectivity index (χ1v) is 10.6. The van der Waals surface area contributed by atoms with E-state index in [0.717, 1.165) is 16.9 Å². The van der Waals surface area contributed by atoms with E-state index in [9.17, 15) is 17.6 Å². The smallest absolute Gasteiger partial charge is 0.255 e. The van der Waals surface area contributed by atoms with Crippen LogP contribution in [0.25, 0.3) is 0 Å². The third kappa shape index (κ3) is 5.16. The number of halogens is 1. The largest absolute Gasteiger partial charge is 0.488 e. The number of hydrogen-bond donors (Lipinski definition) is 2. The lowest BCUT2D eigenvalue weighted by molar-refractivity contribution is 0.0946. The van der Waals surface area contributed by atoms with Gasteiger partial charge in [0.25, 0.3) is 5.91 Å². The van der Waals surface area contributed by atoms with Crippen LogP contribution in [0.15, 0.2) is 64.9 Å². The van der Waals surface area contributed by atoms with Gasteiger partial charge < -0.3 is 10.1 Å². The number of amides is 1. The van der Waals surface area contributed by atoms with Gasteiger partial charge in [-0.3, -0.25) is 4.79 Å². The van der Waals surface area contributed by atoms with Crippen molar-refractivity contribution in [1.82, 2.24) is 5.32 Å². The van der Waals surface area contributed by atoms with E-state index >= 15 is 0 Å². The molecule has 146 valence electrons. The van der Waals surface area contributed by atoms with Crippen molar-refractivity contribution in [3.05, 3.63) is 82.5 Å². The Morgan fingerprint density at radius 1 is 1.07 bits per heavy atom. The summed E-state index contributed by atoms with van der Waals surface area (Å²) in [4.78, 5) is 13.2. The van der Waals surface area contributed by atoms with Crippen molar-refractivity contribution in [3.8, 4) is 5.75 Å². The molecule has 0 fully saturated rings. The van der Waals surface area contributed by atoms with Crippen molar-refractivity contribution in [2.24, 2.45) is 5.14 Å². The highest BCUT2D eigenvalue weighted by Gasteiger charge is 2.14. The Morgan fingerprint density at radius 2 is 1.79 bits per heavy atom. The lowest BCUT2D eigenvalue weighted by Gasteiger charge is -2.11. The van der Waals surface area contributed by atoms with Gasteiger partial charge in [-0.1, -0.05) is 24.3 Å². The number of ether oxygens (including phenoxy) is 1. The summed E-state index contributed by atoms with van der Waals surface area (Å²) < 4.78 is 41.4. The van der Waals surface area contributed by atoms with Crippen LogP contribution < -0.4 is 15.2 Å². The predicted molar refractivity (Wildman–Crippen MR) is 104 cm³/mol. The molecule has 0 aliphatic rings. The summed E-state index contributed by atoms with van der Waals surface area (Å²) in [6.45, 7) is 0.346. The average Bonchev–Trinajstić information content (AvgIpc) is 3.15. The van der Waals surface area contributed by atoms with Crippen LogP contribution in [0, 0.1) is 5.82 Å². The van der Waals surface area contributed by atoms with Gasteiger partial charge in [-0.05, 0) is 42.0 Å². The molecule has 3 aromatic rings. The van der Waals surface area contributed by atoms with Gasteiger partial charge in [0, 0.05) is 4.88 Å². The van der Waals surface area contributed by atoms with Crippen molar-refractivity contribution >= 4 is 27.3 Å². The predicted octanol–water partition coefficient (Wildman–Crippen LogP) is 3.04. The standard InChI is InChI=1S/C19H17FN2O4S2/c20-14-7-5-13(6-8-14)12-26-17-4-2-1-3-16(17)19(23)22-11-15-9-10-18(27-15)28(21,24)25/h1-10H,11-12H2,(H,22,23)(H2,21,24,25). The van der Waals surface area contributed by atoms with Crippen LogP contribution in [0.2, 0.25) is 0 Å². The van der Waals surface area contributed by atoms with Crippen molar-refractivity contribution in [1.29, 1.82) is 0 Å². The average molecular weight is 420 g/mol. The lowest BCUT2D eigenvalue weighted by atomic mass is 10.2. The minimum Gasteiger partial charge on any atom is -0.488 e. The fraction of sp³-hybridized carbons (Fsp3) is 0.105. The third-order valence-electron chi connectivity index (χ3n) is 3.78. The van der Waals surface area contributed by atoms with Crippen LogP contribution in [0.5, 0.6) is 5.75 Å². The number of sulfonamides is 1. The maximum Gasteiger partial charge on any atom is 0.255 e. The number of thiophene rings is 1. The molecule has 3 rings (SSSR count). The number of carbonyl (C=O) groups is 1. The molecule has 28 heavy (non-hydrogen) atoms. The van der Waals surface area contributed by atoms with E-state index in [0.29, 0.717) is 16.2 Å². The van der Waals surface area contributed by atoms with E-state index in [1.54, 1.807) is 42.5 Å². The van der Waals surface area contributed by atoms with E-state index < -0.39 is 10.0 Å². The van der Waals surface area contributed by atoms with Gasteiger partial charge in [0.1, 0.15) is 22.4 Å². The first-order chi connectivity index (χ1) is 13.3. The van der Waals surface area contributed by atoms with Crippen LogP contribution in [-0.2, 0) is 23.2 Å². The second-order valence-corrected chi connectivity index (χ2v) is 8.82. The van der Waals surface area contributed by atoms with Gasteiger partial charge in [0.2, 0.25) is 10.0 Å². The van der Waals surface area contributed by atoms with E-state index in [4.69, 9.17) is 9.88 Å². The molecular weight excluding hydrogens is 403 g/mol. The van der Waals surface area contributed by atoms with Gasteiger partial charge in [0.05, 0.1) is 12.1 Å². The van der Waals surface area contributed by atoms with E-state index in [-0.39, 0.29) is 29.1 Å². The highest BCUT2D eigenvalue weighted by molar-refractivity contribution is 7.91. The molecule has 0 spiro atoms. The SMILES string of the molecule is NS(=O)(=O)c1ccc(CNC(=O)c2ccccc2OCc2ccc(F)cc2)s1. The molecule has 0 atom stereocenters. The second kappa shape index (κ2) is 8.51. The summed E-state index contributed by atoms with van der Waals surface area (Å²) in [6.07, 6.45) is 0. The molecule has 0 aliphatic carbocycles. The molecule has 0 unspecified atom stereocenters. The minimum atomic E-state index is -3.75. The van der Waals surface area contributed by atoms with E-state index in [1.165, 1.54) is 18.2 Å². The van der Waals surface area contributed by atoms with Crippen molar-refractivity contribution in [2.45, 2.75) is 17.4 Å². The Balaban J connectivity index is 1.65. The van der Waals surface area contributed by atoms with Gasteiger partial charge in [0.15, 0.2) is 0 Å². The summed E-state index contributed by atoms with van der Waals surface area (Å²) in [5, 5.41) is 7.82. The highest BCUT2D eigenvalue weighted by Crippen LogP contribution is 2.22. The zero-order valence-corrected chi connectivity index (χ0v) is 16.2. The number of para-hydroxylation sites is 1. The quantitative estimate of drug-likeness (QED) is 0.614. The normalized spacial score (nSPS) is 11.2.